The van der Waals surface area contributed by atoms with E-state index in [1.807, 2.05) is 0 Å². The first kappa shape index (κ1) is 13.9. The molecule has 0 radical (unpaired) electrons. The van der Waals surface area contributed by atoms with Crippen LogP contribution >= 0.6 is 12.2 Å². The number of carbonyl (C=O) groups excluding carboxylic acids is 1. The van der Waals surface area contributed by atoms with E-state index in [0.29, 0.717) is 19.4 Å². The monoisotopic (exact) mass is 280 g/mol. The smallest absolute Gasteiger partial charge is 0.235 e. The van der Waals surface area contributed by atoms with Gasteiger partial charge in [-0.3, -0.25) is 4.79 Å². The van der Waals surface area contributed by atoms with Crippen LogP contribution in [0.2, 0.25) is 0 Å². The molecule has 19 heavy (non-hydrogen) atoms. The summed E-state index contributed by atoms with van der Waals surface area (Å²) in [5.74, 6) is -0.360. The third-order valence-corrected chi connectivity index (χ3v) is 4.13. The second kappa shape index (κ2) is 5.25. The van der Waals surface area contributed by atoms with Crippen molar-refractivity contribution in [3.05, 3.63) is 35.6 Å². The van der Waals surface area contributed by atoms with Crippen LogP contribution in [0.3, 0.4) is 0 Å². The van der Waals surface area contributed by atoms with E-state index >= 15 is 0 Å². The number of halogens is 1. The van der Waals surface area contributed by atoms with Crippen molar-refractivity contribution in [3.8, 4) is 0 Å². The third kappa shape index (κ3) is 2.61. The Morgan fingerprint density at radius 3 is 2.68 bits per heavy atom. The molecular weight excluding hydrogens is 263 g/mol. The standard InChI is InChI=1S/C14H17FN2OS/c1-17(9-10-4-2-5-11(15)8-10)13(18)14(12(16)19)6-3-7-14/h2,4-5,8H,3,6-7,9H2,1H3,(H2,16,19). The van der Waals surface area contributed by atoms with Gasteiger partial charge in [-0.15, -0.1) is 0 Å². The topological polar surface area (TPSA) is 46.3 Å². The van der Waals surface area contributed by atoms with Crippen LogP contribution in [0.4, 0.5) is 4.39 Å². The molecule has 1 saturated carbocycles. The minimum absolute atomic E-state index is 0.0597. The lowest BCUT2D eigenvalue weighted by molar-refractivity contribution is -0.141. The van der Waals surface area contributed by atoms with Crippen molar-refractivity contribution >= 4 is 23.1 Å². The lowest BCUT2D eigenvalue weighted by Gasteiger charge is -2.41. The molecule has 1 amide bonds. The first-order valence-electron chi connectivity index (χ1n) is 6.25. The Bertz CT molecular complexity index is 514. The van der Waals surface area contributed by atoms with Crippen LogP contribution < -0.4 is 5.73 Å². The van der Waals surface area contributed by atoms with Gasteiger partial charge in [0.05, 0.1) is 10.4 Å². The Hall–Kier alpha value is -1.49. The van der Waals surface area contributed by atoms with E-state index in [2.05, 4.69) is 0 Å². The number of thiocarbonyl (C=S) groups is 1. The number of benzene rings is 1. The molecule has 1 aliphatic carbocycles. The molecule has 102 valence electrons. The van der Waals surface area contributed by atoms with Crippen LogP contribution in [0.15, 0.2) is 24.3 Å². The van der Waals surface area contributed by atoms with Crippen LogP contribution in [-0.4, -0.2) is 22.8 Å². The Kier molecular flexibility index (Phi) is 3.85. The molecule has 0 unspecified atom stereocenters. The minimum atomic E-state index is -0.669. The number of carbonyl (C=O) groups is 1. The summed E-state index contributed by atoms with van der Waals surface area (Å²) in [5, 5.41) is 0. The zero-order chi connectivity index (χ0) is 14.0. The molecule has 1 aliphatic rings. The van der Waals surface area contributed by atoms with E-state index in [4.69, 9.17) is 18.0 Å². The van der Waals surface area contributed by atoms with Crippen molar-refractivity contribution in [3.63, 3.8) is 0 Å². The predicted molar refractivity (Wildman–Crippen MR) is 75.9 cm³/mol. The highest BCUT2D eigenvalue weighted by atomic mass is 32.1. The molecule has 0 heterocycles. The fourth-order valence-electron chi connectivity index (χ4n) is 2.44. The number of rotatable bonds is 4. The van der Waals surface area contributed by atoms with Crippen molar-refractivity contribution in [2.75, 3.05) is 7.05 Å². The van der Waals surface area contributed by atoms with Gasteiger partial charge in [0.2, 0.25) is 5.91 Å². The average Bonchev–Trinajstić information content (AvgIpc) is 2.26. The molecular formula is C14H17FN2OS. The van der Waals surface area contributed by atoms with E-state index in [9.17, 15) is 9.18 Å². The lowest BCUT2D eigenvalue weighted by Crippen LogP contribution is -2.53. The summed E-state index contributed by atoms with van der Waals surface area (Å²) in [7, 11) is 1.70. The SMILES string of the molecule is CN(Cc1cccc(F)c1)C(=O)C1(C(N)=S)CCC1. The van der Waals surface area contributed by atoms with Gasteiger partial charge < -0.3 is 10.6 Å². The quantitative estimate of drug-likeness (QED) is 0.860. The van der Waals surface area contributed by atoms with Gasteiger partial charge in [0.15, 0.2) is 0 Å². The Morgan fingerprint density at radius 1 is 1.53 bits per heavy atom. The van der Waals surface area contributed by atoms with Gasteiger partial charge in [-0.25, -0.2) is 4.39 Å². The van der Waals surface area contributed by atoms with Gasteiger partial charge in [-0.2, -0.15) is 0 Å². The van der Waals surface area contributed by atoms with Gasteiger partial charge >= 0.3 is 0 Å². The first-order chi connectivity index (χ1) is 8.95. The molecule has 0 aliphatic heterocycles. The summed E-state index contributed by atoms with van der Waals surface area (Å²) in [6, 6.07) is 6.24. The van der Waals surface area contributed by atoms with Crippen LogP contribution in [0, 0.1) is 11.2 Å². The summed E-state index contributed by atoms with van der Waals surface area (Å²) in [6.45, 7) is 0.362. The molecule has 0 spiro atoms. The lowest BCUT2D eigenvalue weighted by atomic mass is 9.67. The number of hydrogen-bond acceptors (Lipinski definition) is 2. The molecule has 0 bridgehead atoms. The third-order valence-electron chi connectivity index (χ3n) is 3.74. The highest BCUT2D eigenvalue weighted by molar-refractivity contribution is 7.80. The number of nitrogens with two attached hydrogens (primary N) is 1. The maximum Gasteiger partial charge on any atom is 0.235 e. The van der Waals surface area contributed by atoms with Crippen molar-refractivity contribution < 1.29 is 9.18 Å². The van der Waals surface area contributed by atoms with Crippen molar-refractivity contribution in [1.29, 1.82) is 0 Å². The summed E-state index contributed by atoms with van der Waals surface area (Å²) in [6.07, 6.45) is 2.40. The normalized spacial score (nSPS) is 16.5. The second-order valence-electron chi connectivity index (χ2n) is 5.09. The van der Waals surface area contributed by atoms with Crippen LogP contribution in [0.5, 0.6) is 0 Å². The molecule has 1 fully saturated rings. The zero-order valence-electron chi connectivity index (χ0n) is 10.9. The van der Waals surface area contributed by atoms with Gasteiger partial charge in [-0.1, -0.05) is 30.8 Å². The minimum Gasteiger partial charge on any atom is -0.392 e. The first-order valence-corrected chi connectivity index (χ1v) is 6.66. The second-order valence-corrected chi connectivity index (χ2v) is 5.53. The van der Waals surface area contributed by atoms with E-state index in [1.54, 1.807) is 24.1 Å². The fraction of sp³-hybridized carbons (Fsp3) is 0.429. The van der Waals surface area contributed by atoms with E-state index in [0.717, 1.165) is 12.0 Å². The Labute approximate surface area is 117 Å². The molecule has 5 heteroatoms. The Balaban J connectivity index is 2.09. The van der Waals surface area contributed by atoms with Crippen molar-refractivity contribution in [2.45, 2.75) is 25.8 Å². The highest BCUT2D eigenvalue weighted by Crippen LogP contribution is 2.42. The number of nitrogens with zero attached hydrogens (tertiary/aromatic N) is 1. The summed E-state index contributed by atoms with van der Waals surface area (Å²) in [4.78, 5) is 14.3. The van der Waals surface area contributed by atoms with Gasteiger partial charge in [0.1, 0.15) is 5.82 Å². The molecule has 1 aromatic rings. The van der Waals surface area contributed by atoms with Gasteiger partial charge in [-0.05, 0) is 30.5 Å². The van der Waals surface area contributed by atoms with Crippen LogP contribution in [0.1, 0.15) is 24.8 Å². The van der Waals surface area contributed by atoms with Gasteiger partial charge in [0.25, 0.3) is 0 Å². The fourth-order valence-corrected chi connectivity index (χ4v) is 2.73. The largest absolute Gasteiger partial charge is 0.392 e. The molecule has 0 aromatic heterocycles. The molecule has 2 rings (SSSR count). The van der Waals surface area contributed by atoms with E-state index in [1.165, 1.54) is 12.1 Å². The molecule has 1 aromatic carbocycles. The molecule has 0 atom stereocenters. The average molecular weight is 280 g/mol. The van der Waals surface area contributed by atoms with Gasteiger partial charge in [0, 0.05) is 13.6 Å². The summed E-state index contributed by atoms with van der Waals surface area (Å²) in [5.41, 5.74) is 5.80. The van der Waals surface area contributed by atoms with Crippen molar-refractivity contribution in [1.82, 2.24) is 4.90 Å². The predicted octanol–water partition coefficient (Wildman–Crippen LogP) is 2.24. The number of amides is 1. The molecule has 2 N–H and O–H groups in total. The van der Waals surface area contributed by atoms with Crippen molar-refractivity contribution in [2.24, 2.45) is 11.1 Å². The van der Waals surface area contributed by atoms with E-state index < -0.39 is 5.41 Å². The van der Waals surface area contributed by atoms with Crippen LogP contribution in [-0.2, 0) is 11.3 Å². The molecule has 0 saturated heterocycles. The highest BCUT2D eigenvalue weighted by Gasteiger charge is 2.48. The van der Waals surface area contributed by atoms with E-state index in [-0.39, 0.29) is 16.7 Å². The maximum absolute atomic E-state index is 13.1. The number of hydrogen-bond donors (Lipinski definition) is 1. The summed E-state index contributed by atoms with van der Waals surface area (Å²) >= 11 is 5.03. The zero-order valence-corrected chi connectivity index (χ0v) is 11.7. The summed E-state index contributed by atoms with van der Waals surface area (Å²) < 4.78 is 13.1. The maximum atomic E-state index is 13.1. The Morgan fingerprint density at radius 2 is 2.21 bits per heavy atom. The van der Waals surface area contributed by atoms with Crippen LogP contribution in [0.25, 0.3) is 0 Å². The molecule has 3 nitrogen and oxygen atoms in total.